The van der Waals surface area contributed by atoms with Gasteiger partial charge in [0.25, 0.3) is 0 Å². The van der Waals surface area contributed by atoms with Crippen LogP contribution in [0.5, 0.6) is 0 Å². The standard InChI is InChI=1S/C14H18N2O/c1-11-9-15-14(11)7-8-16(13(14)17)10-12-5-3-2-4-6-12/h2-6,11,15H,7-10H2,1H3/t11-,14+/m0/s1. The van der Waals surface area contributed by atoms with Crippen LogP contribution in [0.25, 0.3) is 0 Å². The lowest BCUT2D eigenvalue weighted by atomic mass is 9.76. The normalized spacial score (nSPS) is 31.9. The van der Waals surface area contributed by atoms with Crippen LogP contribution in [-0.4, -0.2) is 29.4 Å². The van der Waals surface area contributed by atoms with Crippen molar-refractivity contribution < 1.29 is 4.79 Å². The van der Waals surface area contributed by atoms with Gasteiger partial charge in [-0.2, -0.15) is 0 Å². The molecule has 0 bridgehead atoms. The number of hydrogen-bond donors (Lipinski definition) is 1. The molecule has 0 aliphatic carbocycles. The molecule has 17 heavy (non-hydrogen) atoms. The van der Waals surface area contributed by atoms with Crippen molar-refractivity contribution in [3.63, 3.8) is 0 Å². The van der Waals surface area contributed by atoms with Gasteiger partial charge < -0.3 is 10.2 Å². The summed E-state index contributed by atoms with van der Waals surface area (Å²) in [5, 5.41) is 3.34. The summed E-state index contributed by atoms with van der Waals surface area (Å²) >= 11 is 0. The molecule has 1 N–H and O–H groups in total. The summed E-state index contributed by atoms with van der Waals surface area (Å²) in [6, 6.07) is 10.2. The molecule has 1 aromatic rings. The number of benzene rings is 1. The van der Waals surface area contributed by atoms with Gasteiger partial charge in [-0.15, -0.1) is 0 Å². The zero-order valence-electron chi connectivity index (χ0n) is 10.1. The van der Waals surface area contributed by atoms with Crippen molar-refractivity contribution in [3.8, 4) is 0 Å². The van der Waals surface area contributed by atoms with E-state index in [1.165, 1.54) is 5.56 Å². The third-order valence-corrected chi connectivity index (χ3v) is 4.23. The van der Waals surface area contributed by atoms with Crippen molar-refractivity contribution in [3.05, 3.63) is 35.9 Å². The fourth-order valence-electron chi connectivity index (χ4n) is 2.93. The van der Waals surface area contributed by atoms with Gasteiger partial charge in [-0.1, -0.05) is 37.3 Å². The first kappa shape index (κ1) is 10.8. The number of rotatable bonds is 2. The van der Waals surface area contributed by atoms with Crippen LogP contribution in [0.15, 0.2) is 30.3 Å². The Hall–Kier alpha value is -1.35. The van der Waals surface area contributed by atoms with Gasteiger partial charge in [-0.3, -0.25) is 4.79 Å². The van der Waals surface area contributed by atoms with Gasteiger partial charge >= 0.3 is 0 Å². The average molecular weight is 230 g/mol. The van der Waals surface area contributed by atoms with Crippen LogP contribution in [0, 0.1) is 5.92 Å². The zero-order valence-corrected chi connectivity index (χ0v) is 10.1. The van der Waals surface area contributed by atoms with Crippen molar-refractivity contribution in [2.45, 2.75) is 25.4 Å². The summed E-state index contributed by atoms with van der Waals surface area (Å²) in [6.07, 6.45) is 0.958. The minimum Gasteiger partial charge on any atom is -0.337 e. The molecule has 3 rings (SSSR count). The van der Waals surface area contributed by atoms with E-state index in [0.29, 0.717) is 11.8 Å². The lowest BCUT2D eigenvalue weighted by Crippen LogP contribution is -2.67. The van der Waals surface area contributed by atoms with E-state index < -0.39 is 0 Å². The van der Waals surface area contributed by atoms with E-state index >= 15 is 0 Å². The second kappa shape index (κ2) is 3.84. The molecule has 2 fully saturated rings. The molecule has 2 heterocycles. The fraction of sp³-hybridized carbons (Fsp3) is 0.500. The van der Waals surface area contributed by atoms with Gasteiger partial charge in [0.05, 0.1) is 0 Å². The van der Waals surface area contributed by atoms with Gasteiger partial charge in [0.1, 0.15) is 5.54 Å². The van der Waals surface area contributed by atoms with Gasteiger partial charge in [-0.05, 0) is 17.9 Å². The molecule has 0 radical (unpaired) electrons. The number of hydrogen-bond acceptors (Lipinski definition) is 2. The number of likely N-dealkylation sites (tertiary alicyclic amines) is 1. The quantitative estimate of drug-likeness (QED) is 0.833. The molecule has 2 aliphatic rings. The Balaban J connectivity index is 1.73. The molecule has 1 aromatic carbocycles. The van der Waals surface area contributed by atoms with Crippen LogP contribution in [0.3, 0.4) is 0 Å². The van der Waals surface area contributed by atoms with E-state index in [9.17, 15) is 4.79 Å². The number of carbonyl (C=O) groups excluding carboxylic acids is 1. The number of amides is 1. The SMILES string of the molecule is C[C@H]1CN[C@]12CCN(Cc1ccccc1)C2=O. The Kier molecular flexibility index (Phi) is 2.44. The Labute approximate surface area is 102 Å². The predicted octanol–water partition coefficient (Wildman–Crippen LogP) is 1.40. The van der Waals surface area contributed by atoms with Gasteiger partial charge in [0.2, 0.25) is 5.91 Å². The monoisotopic (exact) mass is 230 g/mol. The summed E-state index contributed by atoms with van der Waals surface area (Å²) in [7, 11) is 0. The van der Waals surface area contributed by atoms with Crippen LogP contribution in [0.1, 0.15) is 18.9 Å². The van der Waals surface area contributed by atoms with Crippen molar-refractivity contribution in [2.24, 2.45) is 5.92 Å². The maximum Gasteiger partial charge on any atom is 0.243 e. The lowest BCUT2D eigenvalue weighted by molar-refractivity contribution is -0.138. The molecule has 0 aromatic heterocycles. The molecule has 0 unspecified atom stereocenters. The highest BCUT2D eigenvalue weighted by molar-refractivity contribution is 5.90. The van der Waals surface area contributed by atoms with Crippen LogP contribution >= 0.6 is 0 Å². The van der Waals surface area contributed by atoms with E-state index in [-0.39, 0.29) is 5.54 Å². The van der Waals surface area contributed by atoms with E-state index in [4.69, 9.17) is 0 Å². The second-order valence-corrected chi connectivity index (χ2v) is 5.22. The van der Waals surface area contributed by atoms with Crippen LogP contribution in [-0.2, 0) is 11.3 Å². The van der Waals surface area contributed by atoms with Gasteiger partial charge in [0.15, 0.2) is 0 Å². The highest BCUT2D eigenvalue weighted by Gasteiger charge is 2.55. The Morgan fingerprint density at radius 2 is 2.18 bits per heavy atom. The molecular weight excluding hydrogens is 212 g/mol. The number of carbonyl (C=O) groups is 1. The van der Waals surface area contributed by atoms with Crippen molar-refractivity contribution in [1.82, 2.24) is 10.2 Å². The predicted molar refractivity (Wildman–Crippen MR) is 66.4 cm³/mol. The molecule has 1 amide bonds. The van der Waals surface area contributed by atoms with E-state index in [2.05, 4.69) is 24.4 Å². The minimum atomic E-state index is -0.227. The lowest BCUT2D eigenvalue weighted by Gasteiger charge is -2.44. The number of nitrogens with zero attached hydrogens (tertiary/aromatic N) is 1. The molecule has 2 saturated heterocycles. The molecule has 90 valence electrons. The van der Waals surface area contributed by atoms with Gasteiger partial charge in [-0.25, -0.2) is 0 Å². The van der Waals surface area contributed by atoms with Crippen molar-refractivity contribution in [1.29, 1.82) is 0 Å². The Morgan fingerprint density at radius 3 is 2.71 bits per heavy atom. The number of nitrogens with one attached hydrogen (secondary N) is 1. The molecule has 3 nitrogen and oxygen atoms in total. The molecular formula is C14H18N2O. The minimum absolute atomic E-state index is 0.227. The third-order valence-electron chi connectivity index (χ3n) is 4.23. The summed E-state index contributed by atoms with van der Waals surface area (Å²) in [4.78, 5) is 14.4. The summed E-state index contributed by atoms with van der Waals surface area (Å²) in [5.41, 5.74) is 0.985. The molecule has 2 atom stereocenters. The highest BCUT2D eigenvalue weighted by Crippen LogP contribution is 2.36. The largest absolute Gasteiger partial charge is 0.337 e. The van der Waals surface area contributed by atoms with E-state index in [1.54, 1.807) is 0 Å². The third kappa shape index (κ3) is 1.57. The summed E-state index contributed by atoms with van der Waals surface area (Å²) in [5.74, 6) is 0.774. The zero-order chi connectivity index (χ0) is 11.9. The maximum absolute atomic E-state index is 12.4. The summed E-state index contributed by atoms with van der Waals surface area (Å²) in [6.45, 7) is 4.77. The van der Waals surface area contributed by atoms with Gasteiger partial charge in [0, 0.05) is 19.6 Å². The van der Waals surface area contributed by atoms with E-state index in [1.807, 2.05) is 23.1 Å². The second-order valence-electron chi connectivity index (χ2n) is 5.22. The summed E-state index contributed by atoms with van der Waals surface area (Å²) < 4.78 is 0. The highest BCUT2D eigenvalue weighted by atomic mass is 16.2. The van der Waals surface area contributed by atoms with E-state index in [0.717, 1.165) is 26.1 Å². The van der Waals surface area contributed by atoms with Crippen molar-refractivity contribution >= 4 is 5.91 Å². The Bertz CT molecular complexity index is 431. The first-order valence-electron chi connectivity index (χ1n) is 6.31. The molecule has 1 spiro atoms. The fourth-order valence-corrected chi connectivity index (χ4v) is 2.93. The molecule has 2 aliphatic heterocycles. The topological polar surface area (TPSA) is 32.3 Å². The smallest absolute Gasteiger partial charge is 0.243 e. The average Bonchev–Trinajstić information content (AvgIpc) is 2.69. The van der Waals surface area contributed by atoms with Crippen LogP contribution in [0.2, 0.25) is 0 Å². The van der Waals surface area contributed by atoms with Crippen LogP contribution < -0.4 is 5.32 Å². The first-order valence-corrected chi connectivity index (χ1v) is 6.31. The Morgan fingerprint density at radius 1 is 1.41 bits per heavy atom. The first-order chi connectivity index (χ1) is 8.22. The van der Waals surface area contributed by atoms with Crippen LogP contribution in [0.4, 0.5) is 0 Å². The molecule has 3 heteroatoms. The van der Waals surface area contributed by atoms with Crippen molar-refractivity contribution in [2.75, 3.05) is 13.1 Å². The molecule has 0 saturated carbocycles. The maximum atomic E-state index is 12.4.